The number of hydrogen-bond donors (Lipinski definition) is 2. The molecule has 0 spiro atoms. The first kappa shape index (κ1) is 6.86. The van der Waals surface area contributed by atoms with E-state index in [9.17, 15) is 4.79 Å². The smallest absolute Gasteiger partial charge is 0.207 e. The number of rotatable bonds is 4. The van der Waals surface area contributed by atoms with Crippen LogP contribution in [0.25, 0.3) is 0 Å². The lowest BCUT2D eigenvalue weighted by Crippen LogP contribution is -2.12. The van der Waals surface area contributed by atoms with Crippen molar-refractivity contribution in [3.8, 4) is 0 Å². The maximum Gasteiger partial charge on any atom is 0.207 e. The number of amides is 1. The van der Waals surface area contributed by atoms with Crippen LogP contribution in [0.5, 0.6) is 0 Å². The van der Waals surface area contributed by atoms with Gasteiger partial charge in [-0.15, -0.1) is 0 Å². The Morgan fingerprint density at radius 2 is 2.60 bits per heavy atom. The Morgan fingerprint density at radius 3 is 3.20 bits per heavy atom. The molecule has 10 heavy (non-hydrogen) atoms. The normalized spacial score (nSPS) is 9.20. The van der Waals surface area contributed by atoms with Crippen LogP contribution in [0, 0.1) is 6.42 Å². The van der Waals surface area contributed by atoms with Gasteiger partial charge in [0.1, 0.15) is 0 Å². The van der Waals surface area contributed by atoms with E-state index in [2.05, 4.69) is 10.3 Å². The van der Waals surface area contributed by atoms with Crippen molar-refractivity contribution in [1.82, 2.24) is 10.3 Å². The Bertz CT molecular complexity index is 181. The number of hydrogen-bond acceptors (Lipinski definition) is 1. The topological polar surface area (TPSA) is 44.9 Å². The van der Waals surface area contributed by atoms with E-state index in [-0.39, 0.29) is 0 Å². The summed E-state index contributed by atoms with van der Waals surface area (Å²) in [6, 6.07) is 3.85. The third-order valence-corrected chi connectivity index (χ3v) is 1.15. The number of carbonyl (C=O) groups is 1. The second-order valence-corrected chi connectivity index (χ2v) is 1.86. The molecule has 0 saturated carbocycles. The predicted octanol–water partition coefficient (Wildman–Crippen LogP) is 0.313. The molecule has 0 saturated heterocycles. The van der Waals surface area contributed by atoms with E-state index in [1.807, 2.05) is 24.8 Å². The van der Waals surface area contributed by atoms with Crippen molar-refractivity contribution >= 4 is 6.41 Å². The molecule has 1 aromatic heterocycles. The lowest BCUT2D eigenvalue weighted by molar-refractivity contribution is -0.109. The fraction of sp³-hybridized carbons (Fsp3) is 0.143. The first-order chi connectivity index (χ1) is 4.93. The van der Waals surface area contributed by atoms with Crippen LogP contribution in [0.4, 0.5) is 0 Å². The second-order valence-electron chi connectivity index (χ2n) is 1.86. The van der Waals surface area contributed by atoms with Crippen LogP contribution in [-0.2, 0) is 4.79 Å². The monoisotopic (exact) mass is 137 g/mol. The van der Waals surface area contributed by atoms with E-state index in [0.29, 0.717) is 13.0 Å². The maximum atomic E-state index is 9.79. The van der Waals surface area contributed by atoms with E-state index in [4.69, 9.17) is 0 Å². The highest BCUT2D eigenvalue weighted by atomic mass is 16.1. The summed E-state index contributed by atoms with van der Waals surface area (Å²) in [5.41, 5.74) is 1.02. The first-order valence-corrected chi connectivity index (χ1v) is 3.07. The lowest BCUT2D eigenvalue weighted by atomic mass is 10.3. The Kier molecular flexibility index (Phi) is 2.55. The number of aromatic amines is 1. The van der Waals surface area contributed by atoms with E-state index < -0.39 is 0 Å². The minimum Gasteiger partial charge on any atom is -0.365 e. The predicted molar refractivity (Wildman–Crippen MR) is 38.3 cm³/mol. The summed E-state index contributed by atoms with van der Waals surface area (Å²) in [6.07, 6.45) is 4.42. The second kappa shape index (κ2) is 3.71. The summed E-state index contributed by atoms with van der Waals surface area (Å²) in [5.74, 6) is 0. The van der Waals surface area contributed by atoms with E-state index >= 15 is 0 Å². The molecule has 0 aliphatic heterocycles. The van der Waals surface area contributed by atoms with Crippen LogP contribution in [0.1, 0.15) is 5.69 Å². The molecule has 0 aromatic carbocycles. The van der Waals surface area contributed by atoms with Crippen LogP contribution in [0.15, 0.2) is 18.3 Å². The molecule has 0 unspecified atom stereocenters. The summed E-state index contributed by atoms with van der Waals surface area (Å²) in [4.78, 5) is 12.8. The summed E-state index contributed by atoms with van der Waals surface area (Å²) in [6.45, 7) is 0.573. The van der Waals surface area contributed by atoms with Crippen molar-refractivity contribution in [2.75, 3.05) is 6.54 Å². The highest BCUT2D eigenvalue weighted by molar-refractivity contribution is 5.46. The molecule has 0 fully saturated rings. The summed E-state index contributed by atoms with van der Waals surface area (Å²) in [5, 5.41) is 2.53. The molecule has 1 aromatic rings. The minimum absolute atomic E-state index is 0.573. The van der Waals surface area contributed by atoms with Gasteiger partial charge >= 0.3 is 0 Å². The van der Waals surface area contributed by atoms with Crippen molar-refractivity contribution < 1.29 is 4.79 Å². The van der Waals surface area contributed by atoms with Gasteiger partial charge in [-0.1, -0.05) is 0 Å². The van der Waals surface area contributed by atoms with Gasteiger partial charge in [0, 0.05) is 24.9 Å². The molecular weight excluding hydrogens is 128 g/mol. The quantitative estimate of drug-likeness (QED) is 0.455. The van der Waals surface area contributed by atoms with Crippen molar-refractivity contribution in [3.63, 3.8) is 0 Å². The van der Waals surface area contributed by atoms with Crippen LogP contribution < -0.4 is 5.32 Å². The Balaban J connectivity index is 2.21. The molecule has 0 bridgehead atoms. The molecule has 0 aliphatic rings. The third-order valence-electron chi connectivity index (χ3n) is 1.15. The number of H-pyrrole nitrogens is 1. The molecule has 53 valence electrons. The molecule has 2 N–H and O–H groups in total. The largest absolute Gasteiger partial charge is 0.365 e. The van der Waals surface area contributed by atoms with Gasteiger partial charge < -0.3 is 10.3 Å². The van der Waals surface area contributed by atoms with Gasteiger partial charge in [0.05, 0.1) is 0 Å². The minimum atomic E-state index is 0.573. The van der Waals surface area contributed by atoms with E-state index in [0.717, 1.165) is 5.69 Å². The molecule has 1 amide bonds. The molecule has 3 nitrogen and oxygen atoms in total. The first-order valence-electron chi connectivity index (χ1n) is 3.07. The van der Waals surface area contributed by atoms with Gasteiger partial charge in [-0.2, -0.15) is 0 Å². The number of aromatic nitrogens is 1. The van der Waals surface area contributed by atoms with Gasteiger partial charge in [-0.3, -0.25) is 4.79 Å². The van der Waals surface area contributed by atoms with Crippen LogP contribution >= 0.6 is 0 Å². The standard InChI is InChI=1S/C7H9N2O/c10-6-8-5-3-7-2-1-4-9-7/h1-4,6,9H,5H2,(H,8,10). The van der Waals surface area contributed by atoms with E-state index in [1.165, 1.54) is 0 Å². The zero-order valence-electron chi connectivity index (χ0n) is 5.50. The third kappa shape index (κ3) is 1.93. The van der Waals surface area contributed by atoms with Crippen molar-refractivity contribution in [2.24, 2.45) is 0 Å². The SMILES string of the molecule is O=CNC[CH]c1ccc[nH]1. The van der Waals surface area contributed by atoms with Gasteiger partial charge in [0.2, 0.25) is 6.41 Å². The summed E-state index contributed by atoms with van der Waals surface area (Å²) >= 11 is 0. The molecule has 0 atom stereocenters. The zero-order chi connectivity index (χ0) is 7.23. The average Bonchev–Trinajstić information content (AvgIpc) is 2.41. The fourth-order valence-corrected chi connectivity index (χ4v) is 0.688. The van der Waals surface area contributed by atoms with Gasteiger partial charge in [-0.25, -0.2) is 0 Å². The van der Waals surface area contributed by atoms with Crippen molar-refractivity contribution in [1.29, 1.82) is 0 Å². The van der Waals surface area contributed by atoms with Crippen LogP contribution in [0.2, 0.25) is 0 Å². The molecule has 1 radical (unpaired) electrons. The van der Waals surface area contributed by atoms with Crippen LogP contribution in [0.3, 0.4) is 0 Å². The molecule has 3 heteroatoms. The fourth-order valence-electron chi connectivity index (χ4n) is 0.688. The Labute approximate surface area is 59.4 Å². The summed E-state index contributed by atoms with van der Waals surface area (Å²) in [7, 11) is 0. The molecule has 1 rings (SSSR count). The number of nitrogens with one attached hydrogen (secondary N) is 2. The van der Waals surface area contributed by atoms with E-state index in [1.54, 1.807) is 0 Å². The van der Waals surface area contributed by atoms with Gasteiger partial charge in [-0.05, 0) is 12.1 Å². The molecule has 1 heterocycles. The van der Waals surface area contributed by atoms with Crippen LogP contribution in [-0.4, -0.2) is 17.9 Å². The van der Waals surface area contributed by atoms with Crippen molar-refractivity contribution in [3.05, 3.63) is 30.4 Å². The number of carbonyl (C=O) groups excluding carboxylic acids is 1. The van der Waals surface area contributed by atoms with Gasteiger partial charge in [0.15, 0.2) is 0 Å². The Hall–Kier alpha value is -1.25. The highest BCUT2D eigenvalue weighted by Gasteiger charge is 1.89. The maximum absolute atomic E-state index is 9.79. The molecule has 0 aliphatic carbocycles. The average molecular weight is 137 g/mol. The summed E-state index contributed by atoms with van der Waals surface area (Å²) < 4.78 is 0. The molecular formula is C7H9N2O. The highest BCUT2D eigenvalue weighted by Crippen LogP contribution is 1.95. The van der Waals surface area contributed by atoms with Crippen molar-refractivity contribution in [2.45, 2.75) is 0 Å². The lowest BCUT2D eigenvalue weighted by Gasteiger charge is -1.93. The van der Waals surface area contributed by atoms with Gasteiger partial charge in [0.25, 0.3) is 0 Å². The zero-order valence-corrected chi connectivity index (χ0v) is 5.50. The Morgan fingerprint density at radius 1 is 1.70 bits per heavy atom.